The minimum atomic E-state index is 0.376. The molecule has 5 heteroatoms. The Morgan fingerprint density at radius 2 is 2.06 bits per heavy atom. The zero-order chi connectivity index (χ0) is 11.0. The molecule has 0 spiro atoms. The van der Waals surface area contributed by atoms with E-state index in [2.05, 4.69) is 10.4 Å². The quantitative estimate of drug-likeness (QED) is 0.695. The largest absolute Gasteiger partial charge is 0.362 e. The number of rotatable bonds is 1. The van der Waals surface area contributed by atoms with Gasteiger partial charge in [0.2, 0.25) is 17.7 Å². The van der Waals surface area contributed by atoms with E-state index in [0.717, 1.165) is 16.4 Å². The summed E-state index contributed by atoms with van der Waals surface area (Å²) >= 11 is 0. The highest BCUT2D eigenvalue weighted by molar-refractivity contribution is 5.67. The molecule has 0 radical (unpaired) electrons. The maximum atomic E-state index is 9.55. The zero-order valence-corrected chi connectivity index (χ0v) is 8.54. The third-order valence-electron chi connectivity index (χ3n) is 2.51. The molecule has 0 atom stereocenters. The summed E-state index contributed by atoms with van der Waals surface area (Å²) in [4.78, 5) is 0. The zero-order valence-electron chi connectivity index (χ0n) is 8.54. The molecule has 1 aromatic heterocycles. The molecule has 0 fully saturated rings. The van der Waals surface area contributed by atoms with Gasteiger partial charge >= 0.3 is 0 Å². The van der Waals surface area contributed by atoms with Crippen LogP contribution in [0.2, 0.25) is 0 Å². The predicted molar refractivity (Wildman–Crippen MR) is 58.5 cm³/mol. The third-order valence-corrected chi connectivity index (χ3v) is 2.51. The molecular weight excluding hydrogens is 204 g/mol. The molecule has 1 aromatic carbocycles. The Kier molecular flexibility index (Phi) is 1.97. The Morgan fingerprint density at radius 1 is 1.25 bits per heavy atom. The summed E-state index contributed by atoms with van der Waals surface area (Å²) in [5.41, 5.74) is 1.81. The lowest BCUT2D eigenvalue weighted by atomic mass is 10.3. The van der Waals surface area contributed by atoms with Crippen molar-refractivity contribution in [3.05, 3.63) is 42.6 Å². The van der Waals surface area contributed by atoms with E-state index >= 15 is 0 Å². The topological polar surface area (TPSA) is 52.3 Å². The van der Waals surface area contributed by atoms with Crippen LogP contribution in [0.25, 0.3) is 5.69 Å². The van der Waals surface area contributed by atoms with E-state index in [0.29, 0.717) is 12.5 Å². The van der Waals surface area contributed by atoms with Crippen LogP contribution in [0.5, 0.6) is 0 Å². The summed E-state index contributed by atoms with van der Waals surface area (Å²) < 4.78 is 1.73. The van der Waals surface area contributed by atoms with Crippen molar-refractivity contribution in [1.82, 2.24) is 5.10 Å². The summed E-state index contributed by atoms with van der Waals surface area (Å²) in [6.07, 6.45) is 1.86. The van der Waals surface area contributed by atoms with Crippen LogP contribution >= 0.6 is 0 Å². The number of anilines is 2. The fourth-order valence-electron chi connectivity index (χ4n) is 1.70. The molecule has 2 N–H and O–H groups in total. The Balaban J connectivity index is 2.08. The lowest BCUT2D eigenvalue weighted by molar-refractivity contribution is -0.658. The van der Waals surface area contributed by atoms with Crippen molar-refractivity contribution >= 4 is 11.5 Å². The number of hydrogen-bond donors (Lipinski definition) is 2. The van der Waals surface area contributed by atoms with Gasteiger partial charge in [-0.15, -0.1) is 0 Å². The molecule has 0 aliphatic carbocycles. The summed E-state index contributed by atoms with van der Waals surface area (Å²) in [7, 11) is 0. The highest BCUT2D eigenvalue weighted by Crippen LogP contribution is 2.24. The number of fused-ring (bicyclic) bond motifs is 1. The van der Waals surface area contributed by atoms with Crippen molar-refractivity contribution in [2.24, 2.45) is 0 Å². The first kappa shape index (κ1) is 9.11. The van der Waals surface area contributed by atoms with Crippen LogP contribution in [0.1, 0.15) is 0 Å². The van der Waals surface area contributed by atoms with Crippen LogP contribution in [-0.2, 0) is 0 Å². The molecule has 0 saturated carbocycles. The highest BCUT2D eigenvalue weighted by Gasteiger charge is 2.23. The second kappa shape index (κ2) is 3.46. The van der Waals surface area contributed by atoms with Crippen molar-refractivity contribution in [1.29, 1.82) is 0 Å². The van der Waals surface area contributed by atoms with Crippen LogP contribution in [0, 0.1) is 0 Å². The van der Waals surface area contributed by atoms with Gasteiger partial charge in [-0.05, 0) is 0 Å². The number of benzene rings is 1. The first-order valence-electron chi connectivity index (χ1n) is 5.03. The van der Waals surface area contributed by atoms with E-state index in [1.54, 1.807) is 4.68 Å². The molecule has 16 heavy (non-hydrogen) atoms. The number of para-hydroxylation sites is 1. The SMILES string of the molecule is ON1CNc2cc[n+](-c3ccccc3)nc21. The van der Waals surface area contributed by atoms with Crippen molar-refractivity contribution in [3.63, 3.8) is 0 Å². The number of hydroxylamine groups is 1. The van der Waals surface area contributed by atoms with E-state index < -0.39 is 0 Å². The van der Waals surface area contributed by atoms with E-state index in [1.165, 1.54) is 0 Å². The van der Waals surface area contributed by atoms with Gasteiger partial charge in [0.25, 0.3) is 0 Å². The molecule has 3 rings (SSSR count). The predicted octanol–water partition coefficient (Wildman–Crippen LogP) is 0.937. The van der Waals surface area contributed by atoms with Gasteiger partial charge in [-0.3, -0.25) is 5.21 Å². The van der Waals surface area contributed by atoms with E-state index in [1.807, 2.05) is 42.6 Å². The maximum absolute atomic E-state index is 9.55. The minimum absolute atomic E-state index is 0.376. The lowest BCUT2D eigenvalue weighted by Gasteiger charge is -2.03. The van der Waals surface area contributed by atoms with Gasteiger partial charge in [0.05, 0.1) is 5.69 Å². The van der Waals surface area contributed by atoms with Crippen molar-refractivity contribution in [3.8, 4) is 5.69 Å². The van der Waals surface area contributed by atoms with E-state index in [-0.39, 0.29) is 0 Å². The summed E-state index contributed by atoms with van der Waals surface area (Å²) in [5, 5.41) is 18.0. The monoisotopic (exact) mass is 215 g/mol. The number of nitrogens with zero attached hydrogens (tertiary/aromatic N) is 3. The summed E-state index contributed by atoms with van der Waals surface area (Å²) in [6, 6.07) is 11.7. The molecule has 1 aliphatic heterocycles. The van der Waals surface area contributed by atoms with Gasteiger partial charge in [0, 0.05) is 23.3 Å². The van der Waals surface area contributed by atoms with Gasteiger partial charge in [0.1, 0.15) is 6.67 Å². The number of aromatic nitrogens is 2. The molecule has 5 nitrogen and oxygen atoms in total. The lowest BCUT2D eigenvalue weighted by Crippen LogP contribution is -2.35. The van der Waals surface area contributed by atoms with Gasteiger partial charge < -0.3 is 5.32 Å². The first-order chi connectivity index (χ1) is 7.84. The number of nitrogens with one attached hydrogen (secondary N) is 1. The smallest absolute Gasteiger partial charge is 0.245 e. The van der Waals surface area contributed by atoms with Crippen molar-refractivity contribution < 1.29 is 9.89 Å². The van der Waals surface area contributed by atoms with Gasteiger partial charge in [0.15, 0.2) is 0 Å². The molecule has 0 saturated heterocycles. The van der Waals surface area contributed by atoms with Crippen LogP contribution in [0.4, 0.5) is 11.5 Å². The first-order valence-corrected chi connectivity index (χ1v) is 5.03. The second-order valence-corrected chi connectivity index (χ2v) is 3.57. The van der Waals surface area contributed by atoms with Gasteiger partial charge in [-0.1, -0.05) is 22.9 Å². The van der Waals surface area contributed by atoms with E-state index in [9.17, 15) is 5.21 Å². The standard InChI is InChI=1S/C11H10N4O/c16-15-8-12-10-6-7-14(13-11(10)15)9-4-2-1-3-5-9/h1-7,16H,8H2/p+1. The molecule has 0 bridgehead atoms. The molecule has 2 heterocycles. The Morgan fingerprint density at radius 3 is 2.88 bits per heavy atom. The second-order valence-electron chi connectivity index (χ2n) is 3.57. The Hall–Kier alpha value is -2.14. The molecule has 2 aromatic rings. The minimum Gasteiger partial charge on any atom is -0.362 e. The third kappa shape index (κ3) is 1.38. The van der Waals surface area contributed by atoms with Crippen LogP contribution < -0.4 is 15.1 Å². The molecular formula is C11H11N4O+. The highest BCUT2D eigenvalue weighted by atomic mass is 16.5. The van der Waals surface area contributed by atoms with Crippen LogP contribution in [0.15, 0.2) is 42.6 Å². The molecule has 0 unspecified atom stereocenters. The van der Waals surface area contributed by atoms with E-state index in [4.69, 9.17) is 0 Å². The normalized spacial score (nSPS) is 13.4. The summed E-state index contributed by atoms with van der Waals surface area (Å²) in [6.45, 7) is 0.376. The van der Waals surface area contributed by atoms with Crippen LogP contribution in [-0.4, -0.2) is 17.0 Å². The fraction of sp³-hybridized carbons (Fsp3) is 0.0909. The average molecular weight is 215 g/mol. The molecule has 80 valence electrons. The van der Waals surface area contributed by atoms with Crippen molar-refractivity contribution in [2.75, 3.05) is 17.0 Å². The average Bonchev–Trinajstić information content (AvgIpc) is 2.72. The summed E-state index contributed by atoms with van der Waals surface area (Å²) in [5.74, 6) is 0.548. The molecule has 1 aliphatic rings. The fourth-order valence-corrected chi connectivity index (χ4v) is 1.70. The van der Waals surface area contributed by atoms with Crippen LogP contribution in [0.3, 0.4) is 0 Å². The number of hydrogen-bond acceptors (Lipinski definition) is 4. The Labute approximate surface area is 92.5 Å². The van der Waals surface area contributed by atoms with Gasteiger partial charge in [-0.25, -0.2) is 5.06 Å². The van der Waals surface area contributed by atoms with Gasteiger partial charge in [-0.2, -0.15) is 0 Å². The maximum Gasteiger partial charge on any atom is 0.245 e. The Bertz CT molecular complexity index is 515. The molecule has 0 amide bonds. The van der Waals surface area contributed by atoms with Crippen molar-refractivity contribution in [2.45, 2.75) is 0 Å².